The first kappa shape index (κ1) is 25.8. The third kappa shape index (κ3) is 6.46. The van der Waals surface area contributed by atoms with Gasteiger partial charge in [-0.15, -0.1) is 0 Å². The number of carbonyl (C=O) groups excluding carboxylic acids is 1. The normalized spacial score (nSPS) is 11.0. The van der Waals surface area contributed by atoms with Crippen LogP contribution in [0.2, 0.25) is 0 Å². The van der Waals surface area contributed by atoms with E-state index >= 15 is 0 Å². The van der Waals surface area contributed by atoms with Gasteiger partial charge in [0.1, 0.15) is 22.9 Å². The van der Waals surface area contributed by atoms with Crippen molar-refractivity contribution >= 4 is 28.3 Å². The van der Waals surface area contributed by atoms with E-state index in [0.717, 1.165) is 25.7 Å². The summed E-state index contributed by atoms with van der Waals surface area (Å²) in [5.41, 5.74) is 14.0. The van der Waals surface area contributed by atoms with E-state index in [0.29, 0.717) is 63.8 Å². The number of fused-ring (bicyclic) bond motifs is 1. The predicted octanol–water partition coefficient (Wildman–Crippen LogP) is 5.87. The van der Waals surface area contributed by atoms with Gasteiger partial charge in [-0.3, -0.25) is 4.79 Å². The van der Waals surface area contributed by atoms with E-state index in [1.807, 2.05) is 0 Å². The summed E-state index contributed by atoms with van der Waals surface area (Å²) < 4.78 is 30.5. The standard InChI is InChI=1S/C29H29FN2O5/c1-18-27(33)25-11-10-24(17-26(25)37-28(18)19-6-8-21(30)9-7-19)35-12-4-2-3-5-13-36-29(34)20-14-22(31)16-23(32)15-20/h6-11,14-17H,2-5,12-13,31-32H2,1H3. The molecule has 8 heteroatoms. The maximum Gasteiger partial charge on any atom is 0.338 e. The highest BCUT2D eigenvalue weighted by molar-refractivity contribution is 5.91. The average molecular weight is 505 g/mol. The molecule has 0 fully saturated rings. The molecule has 7 nitrogen and oxygen atoms in total. The number of esters is 1. The molecular formula is C29H29FN2O5. The topological polar surface area (TPSA) is 118 Å². The minimum absolute atomic E-state index is 0.132. The molecule has 0 atom stereocenters. The first-order valence-corrected chi connectivity index (χ1v) is 12.1. The summed E-state index contributed by atoms with van der Waals surface area (Å²) in [6.07, 6.45) is 3.33. The van der Waals surface area contributed by atoms with E-state index < -0.39 is 5.97 Å². The highest BCUT2D eigenvalue weighted by Crippen LogP contribution is 2.28. The maximum atomic E-state index is 13.3. The molecule has 4 N–H and O–H groups in total. The maximum absolute atomic E-state index is 13.3. The fourth-order valence-corrected chi connectivity index (χ4v) is 4.02. The molecule has 0 unspecified atom stereocenters. The first-order chi connectivity index (χ1) is 17.8. The van der Waals surface area contributed by atoms with Crippen LogP contribution in [-0.2, 0) is 4.74 Å². The second kappa shape index (κ2) is 11.6. The number of unbranched alkanes of at least 4 members (excludes halogenated alkanes) is 3. The Labute approximate surface area is 213 Å². The van der Waals surface area contributed by atoms with Gasteiger partial charge in [0.05, 0.1) is 24.2 Å². The second-order valence-corrected chi connectivity index (χ2v) is 8.84. The van der Waals surface area contributed by atoms with Gasteiger partial charge in [0.25, 0.3) is 0 Å². The van der Waals surface area contributed by atoms with Crippen molar-refractivity contribution in [1.29, 1.82) is 0 Å². The van der Waals surface area contributed by atoms with E-state index in [2.05, 4.69) is 0 Å². The number of nitrogen functional groups attached to an aromatic ring is 2. The minimum Gasteiger partial charge on any atom is -0.493 e. The monoisotopic (exact) mass is 504 g/mol. The molecule has 3 aromatic carbocycles. The molecule has 4 rings (SSSR count). The first-order valence-electron chi connectivity index (χ1n) is 12.1. The minimum atomic E-state index is -0.442. The van der Waals surface area contributed by atoms with Crippen LogP contribution in [0.5, 0.6) is 5.75 Å². The van der Waals surface area contributed by atoms with E-state index in [1.165, 1.54) is 12.1 Å². The van der Waals surface area contributed by atoms with Crippen molar-refractivity contribution < 1.29 is 23.1 Å². The third-order valence-corrected chi connectivity index (χ3v) is 5.95. The second-order valence-electron chi connectivity index (χ2n) is 8.84. The fraction of sp³-hybridized carbons (Fsp3) is 0.241. The Morgan fingerprint density at radius 1 is 0.892 bits per heavy atom. The lowest BCUT2D eigenvalue weighted by atomic mass is 10.1. The van der Waals surface area contributed by atoms with Gasteiger partial charge in [-0.05, 0) is 87.2 Å². The van der Waals surface area contributed by atoms with Crippen molar-refractivity contribution in [2.45, 2.75) is 32.6 Å². The van der Waals surface area contributed by atoms with E-state index in [4.69, 9.17) is 25.4 Å². The van der Waals surface area contributed by atoms with Gasteiger partial charge in [-0.25, -0.2) is 9.18 Å². The van der Waals surface area contributed by atoms with Crippen molar-refractivity contribution in [1.82, 2.24) is 0 Å². The Hall–Kier alpha value is -4.33. The number of rotatable bonds is 10. The smallest absolute Gasteiger partial charge is 0.338 e. The number of hydrogen-bond donors (Lipinski definition) is 2. The van der Waals surface area contributed by atoms with Crippen molar-refractivity contribution in [3.05, 3.63) is 87.8 Å². The Morgan fingerprint density at radius 3 is 2.27 bits per heavy atom. The van der Waals surface area contributed by atoms with Gasteiger partial charge < -0.3 is 25.4 Å². The molecule has 0 saturated carbocycles. The number of halogens is 1. The fourth-order valence-electron chi connectivity index (χ4n) is 4.02. The highest BCUT2D eigenvalue weighted by atomic mass is 19.1. The molecule has 0 radical (unpaired) electrons. The van der Waals surface area contributed by atoms with Gasteiger partial charge in [0, 0.05) is 28.6 Å². The lowest BCUT2D eigenvalue weighted by Crippen LogP contribution is -2.08. The summed E-state index contributed by atoms with van der Waals surface area (Å²) in [6, 6.07) is 15.6. The Morgan fingerprint density at radius 2 is 1.57 bits per heavy atom. The van der Waals surface area contributed by atoms with Gasteiger partial charge in [-0.2, -0.15) is 0 Å². The molecule has 37 heavy (non-hydrogen) atoms. The molecule has 1 heterocycles. The van der Waals surface area contributed by atoms with Crippen molar-refractivity contribution in [2.24, 2.45) is 0 Å². The van der Waals surface area contributed by atoms with E-state index in [-0.39, 0.29) is 11.2 Å². The quantitative estimate of drug-likeness (QED) is 0.158. The van der Waals surface area contributed by atoms with Crippen LogP contribution in [0.25, 0.3) is 22.3 Å². The van der Waals surface area contributed by atoms with Crippen molar-refractivity contribution in [3.63, 3.8) is 0 Å². The predicted molar refractivity (Wildman–Crippen MR) is 142 cm³/mol. The van der Waals surface area contributed by atoms with Crippen molar-refractivity contribution in [2.75, 3.05) is 24.7 Å². The number of carbonyl (C=O) groups is 1. The molecule has 0 aliphatic rings. The molecule has 1 aromatic heterocycles. The number of nitrogens with two attached hydrogens (primary N) is 2. The van der Waals surface area contributed by atoms with Crippen LogP contribution in [0, 0.1) is 12.7 Å². The summed E-state index contributed by atoms with van der Waals surface area (Å²) in [4.78, 5) is 24.9. The summed E-state index contributed by atoms with van der Waals surface area (Å²) in [7, 11) is 0. The third-order valence-electron chi connectivity index (χ3n) is 5.95. The van der Waals surface area contributed by atoms with Gasteiger partial charge >= 0.3 is 5.97 Å². The number of benzene rings is 3. The lowest BCUT2D eigenvalue weighted by Gasteiger charge is -2.10. The van der Waals surface area contributed by atoms with Gasteiger partial charge in [0.2, 0.25) is 0 Å². The van der Waals surface area contributed by atoms with Gasteiger partial charge in [-0.1, -0.05) is 0 Å². The van der Waals surface area contributed by atoms with Crippen LogP contribution in [0.15, 0.2) is 69.9 Å². The van der Waals surface area contributed by atoms with Crippen LogP contribution in [0.1, 0.15) is 41.6 Å². The zero-order valence-electron chi connectivity index (χ0n) is 20.6. The Kier molecular flexibility index (Phi) is 8.08. The molecule has 4 aromatic rings. The molecule has 0 aliphatic heterocycles. The SMILES string of the molecule is Cc1c(-c2ccc(F)cc2)oc2cc(OCCCCCCOC(=O)c3cc(N)cc(N)c3)ccc2c1=O. The summed E-state index contributed by atoms with van der Waals surface area (Å²) in [5.74, 6) is 0.210. The summed E-state index contributed by atoms with van der Waals surface area (Å²) in [5, 5.41) is 0.464. The summed E-state index contributed by atoms with van der Waals surface area (Å²) >= 11 is 0. The van der Waals surface area contributed by atoms with E-state index in [9.17, 15) is 14.0 Å². The molecule has 192 valence electrons. The average Bonchev–Trinajstić information content (AvgIpc) is 2.87. The van der Waals surface area contributed by atoms with Crippen LogP contribution in [0.4, 0.5) is 15.8 Å². The van der Waals surface area contributed by atoms with Crippen molar-refractivity contribution in [3.8, 4) is 17.1 Å². The van der Waals surface area contributed by atoms with Crippen LogP contribution in [-0.4, -0.2) is 19.2 Å². The molecule has 0 amide bonds. The molecule has 0 bridgehead atoms. The summed E-state index contributed by atoms with van der Waals surface area (Å²) in [6.45, 7) is 2.51. The zero-order valence-corrected chi connectivity index (χ0v) is 20.6. The zero-order chi connectivity index (χ0) is 26.4. The van der Waals surface area contributed by atoms with Gasteiger partial charge in [0.15, 0.2) is 5.43 Å². The number of anilines is 2. The Bertz CT molecular complexity index is 1440. The Balaban J connectivity index is 1.25. The van der Waals surface area contributed by atoms with Crippen LogP contribution < -0.4 is 21.6 Å². The molecule has 0 aliphatic carbocycles. The number of hydrogen-bond acceptors (Lipinski definition) is 7. The van der Waals surface area contributed by atoms with E-state index in [1.54, 1.807) is 55.5 Å². The van der Waals surface area contributed by atoms with Crippen LogP contribution >= 0.6 is 0 Å². The molecular weight excluding hydrogens is 475 g/mol. The molecule has 0 spiro atoms. The van der Waals surface area contributed by atoms with Crippen LogP contribution in [0.3, 0.4) is 0 Å². The lowest BCUT2D eigenvalue weighted by molar-refractivity contribution is 0.0497. The highest BCUT2D eigenvalue weighted by Gasteiger charge is 2.14. The largest absolute Gasteiger partial charge is 0.493 e. The number of ether oxygens (including phenoxy) is 2. The molecule has 0 saturated heterocycles.